The molecule has 0 aliphatic rings. The molecule has 0 saturated heterocycles. The predicted molar refractivity (Wildman–Crippen MR) is 104 cm³/mol. The van der Waals surface area contributed by atoms with Gasteiger partial charge in [-0.15, -0.1) is 0 Å². The molecule has 0 spiro atoms. The van der Waals surface area contributed by atoms with E-state index in [1.807, 2.05) is 56.3 Å². The Balaban J connectivity index is 2.29. The van der Waals surface area contributed by atoms with E-state index < -0.39 is 5.54 Å². The van der Waals surface area contributed by atoms with Crippen molar-refractivity contribution < 1.29 is 9.84 Å². The summed E-state index contributed by atoms with van der Waals surface area (Å²) in [6, 6.07) is 13.6. The van der Waals surface area contributed by atoms with E-state index in [-0.39, 0.29) is 6.61 Å². The highest BCUT2D eigenvalue weighted by Gasteiger charge is 2.21. The quantitative estimate of drug-likeness (QED) is 0.692. The van der Waals surface area contributed by atoms with Crippen molar-refractivity contribution >= 4 is 28.2 Å². The van der Waals surface area contributed by atoms with Crippen molar-refractivity contribution in [1.29, 1.82) is 0 Å². The Bertz CT molecular complexity index is 909. The van der Waals surface area contributed by atoms with Gasteiger partial charge in [0.2, 0.25) is 0 Å². The summed E-state index contributed by atoms with van der Waals surface area (Å²) >= 11 is 6.39. The van der Waals surface area contributed by atoms with Gasteiger partial charge in [0.1, 0.15) is 11.6 Å². The Labute approximate surface area is 152 Å². The van der Waals surface area contributed by atoms with Crippen molar-refractivity contribution in [1.82, 2.24) is 4.98 Å². The van der Waals surface area contributed by atoms with Crippen LogP contribution in [0.1, 0.15) is 13.8 Å². The van der Waals surface area contributed by atoms with Crippen LogP contribution in [0.15, 0.2) is 48.7 Å². The fourth-order valence-corrected chi connectivity index (χ4v) is 3.02. The lowest BCUT2D eigenvalue weighted by Crippen LogP contribution is -2.35. The molecule has 1 heterocycles. The molecule has 0 atom stereocenters. The molecule has 2 aromatic carbocycles. The zero-order valence-corrected chi connectivity index (χ0v) is 15.3. The Morgan fingerprint density at radius 1 is 1.12 bits per heavy atom. The Morgan fingerprint density at radius 3 is 2.56 bits per heavy atom. The molecule has 2 N–H and O–H groups in total. The number of ether oxygens (including phenoxy) is 1. The van der Waals surface area contributed by atoms with Gasteiger partial charge in [-0.25, -0.2) is 4.98 Å². The van der Waals surface area contributed by atoms with Crippen LogP contribution in [-0.4, -0.2) is 29.3 Å². The second-order valence-electron chi connectivity index (χ2n) is 6.55. The number of fused-ring (bicyclic) bond motifs is 1. The average Bonchev–Trinajstić information content (AvgIpc) is 2.62. The molecule has 0 amide bonds. The molecule has 0 fully saturated rings. The molecular weight excluding hydrogens is 336 g/mol. The maximum Gasteiger partial charge on any atom is 0.138 e. The highest BCUT2D eigenvalue weighted by atomic mass is 35.5. The summed E-state index contributed by atoms with van der Waals surface area (Å²) in [6.45, 7) is 3.81. The van der Waals surface area contributed by atoms with Crippen LogP contribution in [0, 0.1) is 0 Å². The minimum Gasteiger partial charge on any atom is -0.496 e. The number of halogens is 1. The molecule has 0 aliphatic heterocycles. The zero-order chi connectivity index (χ0) is 18.0. The fraction of sp³-hybridized carbons (Fsp3) is 0.250. The highest BCUT2D eigenvalue weighted by Crippen LogP contribution is 2.39. The minimum absolute atomic E-state index is 0.0163. The van der Waals surface area contributed by atoms with Crippen molar-refractivity contribution in [2.45, 2.75) is 19.4 Å². The van der Waals surface area contributed by atoms with Gasteiger partial charge in [-0.05, 0) is 31.4 Å². The van der Waals surface area contributed by atoms with E-state index in [0.29, 0.717) is 10.8 Å². The summed E-state index contributed by atoms with van der Waals surface area (Å²) in [4.78, 5) is 4.61. The number of aliphatic hydroxyl groups excluding tert-OH is 1. The summed E-state index contributed by atoms with van der Waals surface area (Å²) in [6.07, 6.45) is 1.80. The van der Waals surface area contributed by atoms with Gasteiger partial charge in [-0.2, -0.15) is 0 Å². The number of anilines is 1. The molecule has 0 unspecified atom stereocenters. The van der Waals surface area contributed by atoms with Crippen molar-refractivity contribution in [3.63, 3.8) is 0 Å². The molecule has 130 valence electrons. The third-order valence-corrected chi connectivity index (χ3v) is 4.44. The first-order chi connectivity index (χ1) is 12.0. The molecule has 3 aromatic rings. The van der Waals surface area contributed by atoms with Crippen LogP contribution in [0.4, 0.5) is 5.82 Å². The Morgan fingerprint density at radius 2 is 1.88 bits per heavy atom. The summed E-state index contributed by atoms with van der Waals surface area (Å²) in [5.74, 6) is 1.39. The molecule has 0 bridgehead atoms. The maximum atomic E-state index is 9.58. The number of nitrogens with one attached hydrogen (secondary N) is 1. The molecule has 25 heavy (non-hydrogen) atoms. The normalized spacial score (nSPS) is 11.6. The van der Waals surface area contributed by atoms with Gasteiger partial charge in [0.25, 0.3) is 0 Å². The van der Waals surface area contributed by atoms with Crippen LogP contribution in [0.3, 0.4) is 0 Å². The van der Waals surface area contributed by atoms with Gasteiger partial charge in [-0.1, -0.05) is 41.9 Å². The largest absolute Gasteiger partial charge is 0.496 e. The predicted octanol–water partition coefficient (Wildman–Crippen LogP) is 4.75. The molecule has 1 aromatic heterocycles. The van der Waals surface area contributed by atoms with Crippen LogP contribution in [0.5, 0.6) is 5.75 Å². The summed E-state index contributed by atoms with van der Waals surface area (Å²) in [7, 11) is 1.64. The maximum absolute atomic E-state index is 9.58. The molecule has 0 aliphatic carbocycles. The number of methoxy groups -OCH3 is 1. The van der Waals surface area contributed by atoms with E-state index in [4.69, 9.17) is 16.3 Å². The van der Waals surface area contributed by atoms with Gasteiger partial charge in [0.15, 0.2) is 0 Å². The van der Waals surface area contributed by atoms with E-state index in [0.717, 1.165) is 27.6 Å². The van der Waals surface area contributed by atoms with Crippen molar-refractivity contribution in [3.8, 4) is 16.9 Å². The first kappa shape index (κ1) is 17.5. The SMILES string of the molecule is COc1cccc2c(-c3ccccc3Cl)cnc(NC(C)(C)CO)c12. The number of pyridine rings is 1. The van der Waals surface area contributed by atoms with E-state index in [1.165, 1.54) is 0 Å². The summed E-state index contributed by atoms with van der Waals surface area (Å²) in [5, 5.41) is 15.4. The summed E-state index contributed by atoms with van der Waals surface area (Å²) < 4.78 is 5.56. The van der Waals surface area contributed by atoms with Crippen LogP contribution >= 0.6 is 11.6 Å². The van der Waals surface area contributed by atoms with Crippen LogP contribution < -0.4 is 10.1 Å². The third kappa shape index (κ3) is 3.41. The van der Waals surface area contributed by atoms with Gasteiger partial charge in [0.05, 0.1) is 24.6 Å². The van der Waals surface area contributed by atoms with Crippen LogP contribution in [-0.2, 0) is 0 Å². The molecular formula is C20H21ClN2O2. The standard InChI is InChI=1S/C20H21ClN2O2/c1-20(2,12-24)23-19-18-14(8-6-10-17(18)25-3)15(11-22-19)13-7-4-5-9-16(13)21/h4-11,24H,12H2,1-3H3,(H,22,23). The first-order valence-corrected chi connectivity index (χ1v) is 8.44. The van der Waals surface area contributed by atoms with E-state index in [9.17, 15) is 5.11 Å². The molecule has 3 rings (SSSR count). The number of nitrogens with zero attached hydrogens (tertiary/aromatic N) is 1. The highest BCUT2D eigenvalue weighted by molar-refractivity contribution is 6.33. The smallest absolute Gasteiger partial charge is 0.138 e. The lowest BCUT2D eigenvalue weighted by molar-refractivity contribution is 0.234. The summed E-state index contributed by atoms with van der Waals surface area (Å²) in [5.41, 5.74) is 1.35. The minimum atomic E-state index is -0.507. The van der Waals surface area contributed by atoms with Crippen molar-refractivity contribution in [3.05, 3.63) is 53.7 Å². The molecule has 0 radical (unpaired) electrons. The second kappa shape index (κ2) is 6.90. The molecule has 5 heteroatoms. The van der Waals surface area contributed by atoms with Gasteiger partial charge in [0, 0.05) is 22.3 Å². The number of benzene rings is 2. The lowest BCUT2D eigenvalue weighted by Gasteiger charge is -2.26. The third-order valence-electron chi connectivity index (χ3n) is 4.11. The molecule has 4 nitrogen and oxygen atoms in total. The molecule has 0 saturated carbocycles. The first-order valence-electron chi connectivity index (χ1n) is 8.06. The van der Waals surface area contributed by atoms with E-state index in [2.05, 4.69) is 10.3 Å². The van der Waals surface area contributed by atoms with Crippen LogP contribution in [0.25, 0.3) is 21.9 Å². The number of aliphatic hydroxyl groups is 1. The monoisotopic (exact) mass is 356 g/mol. The van der Waals surface area contributed by atoms with E-state index >= 15 is 0 Å². The average molecular weight is 357 g/mol. The van der Waals surface area contributed by atoms with Crippen LogP contribution in [0.2, 0.25) is 5.02 Å². The van der Waals surface area contributed by atoms with Gasteiger partial charge >= 0.3 is 0 Å². The van der Waals surface area contributed by atoms with Crippen molar-refractivity contribution in [2.75, 3.05) is 19.0 Å². The zero-order valence-electron chi connectivity index (χ0n) is 14.5. The number of aromatic nitrogens is 1. The topological polar surface area (TPSA) is 54.4 Å². The Kier molecular flexibility index (Phi) is 4.84. The van der Waals surface area contributed by atoms with Gasteiger partial charge < -0.3 is 15.2 Å². The number of hydrogen-bond acceptors (Lipinski definition) is 4. The van der Waals surface area contributed by atoms with Crippen molar-refractivity contribution in [2.24, 2.45) is 0 Å². The van der Waals surface area contributed by atoms with E-state index in [1.54, 1.807) is 13.3 Å². The second-order valence-corrected chi connectivity index (χ2v) is 6.96. The Hall–Kier alpha value is -2.30. The fourth-order valence-electron chi connectivity index (χ4n) is 2.78. The number of hydrogen-bond donors (Lipinski definition) is 2. The number of rotatable bonds is 5. The van der Waals surface area contributed by atoms with Gasteiger partial charge in [-0.3, -0.25) is 0 Å². The lowest BCUT2D eigenvalue weighted by atomic mass is 9.99.